The third-order valence-corrected chi connectivity index (χ3v) is 21.5. The second-order valence-electron chi connectivity index (χ2n) is 24.3. The quantitative estimate of drug-likeness (QED) is 0.0610. The number of carbonyl (C=O) groups is 1. The van der Waals surface area contributed by atoms with Crippen molar-refractivity contribution in [3.05, 3.63) is 75.8 Å². The first-order valence-electron chi connectivity index (χ1n) is 29.1. The van der Waals surface area contributed by atoms with E-state index in [9.17, 15) is 35.4 Å². The van der Waals surface area contributed by atoms with Crippen LogP contribution in [0, 0.1) is 70.5 Å². The first-order chi connectivity index (χ1) is 38.7. The van der Waals surface area contributed by atoms with Crippen molar-refractivity contribution >= 4 is 33.3 Å². The highest BCUT2D eigenvalue weighted by Gasteiger charge is 2.57. The van der Waals surface area contributed by atoms with Gasteiger partial charge in [0.15, 0.2) is 35.8 Å². The number of ether oxygens (including phenoxy) is 4. The maximum absolute atomic E-state index is 13.5. The number of nitrogens with one attached hydrogen (secondary N) is 2. The summed E-state index contributed by atoms with van der Waals surface area (Å²) >= 11 is 0. The highest BCUT2D eigenvalue weighted by atomic mass is 33.1. The molecule has 11 rings (SSSR count). The molecular formula is C63H82N4O11S2. The molecule has 0 aromatic heterocycles. The van der Waals surface area contributed by atoms with Crippen molar-refractivity contribution in [2.24, 2.45) is 57.6 Å². The van der Waals surface area contributed by atoms with E-state index in [1.54, 1.807) is 46.9 Å². The van der Waals surface area contributed by atoms with Crippen LogP contribution in [0.4, 0.5) is 0 Å². The fourth-order valence-electron chi connectivity index (χ4n) is 14.8. The zero-order chi connectivity index (χ0) is 56.1. The van der Waals surface area contributed by atoms with Gasteiger partial charge in [-0.3, -0.25) is 10.1 Å². The fraction of sp³-hybridized carbons (Fsp3) is 0.619. The number of phenolic OH excluding ortho intramolecular Hbond substituents is 2. The van der Waals surface area contributed by atoms with E-state index in [0.29, 0.717) is 65.1 Å². The molecule has 2 spiro atoms. The van der Waals surface area contributed by atoms with Crippen molar-refractivity contribution in [2.45, 2.75) is 159 Å². The van der Waals surface area contributed by atoms with Crippen molar-refractivity contribution in [3.8, 4) is 52.4 Å². The number of aliphatic imine (C=N–C) groups is 1. The van der Waals surface area contributed by atoms with Crippen LogP contribution in [-0.2, 0) is 41.6 Å². The van der Waals surface area contributed by atoms with Gasteiger partial charge >= 0.3 is 0 Å². The summed E-state index contributed by atoms with van der Waals surface area (Å²) in [5.74, 6) is 17.0. The lowest BCUT2D eigenvalue weighted by Crippen LogP contribution is -2.61. The van der Waals surface area contributed by atoms with Crippen molar-refractivity contribution < 1.29 is 54.4 Å². The number of hydrogen-bond acceptors (Lipinski definition) is 17. The minimum atomic E-state index is -1.28. The molecule has 3 fully saturated rings. The number of guanidine groups is 1. The van der Waals surface area contributed by atoms with Crippen LogP contribution >= 0.6 is 21.6 Å². The number of hydrogen-bond donors (Lipinski definition) is 9. The lowest BCUT2D eigenvalue weighted by Gasteiger charge is -2.54. The summed E-state index contributed by atoms with van der Waals surface area (Å²) in [5, 5.41) is 73.7. The molecule has 3 aromatic rings. The highest BCUT2D eigenvalue weighted by molar-refractivity contribution is 8.76. The Bertz CT molecular complexity index is 2840. The number of methoxy groups -OCH3 is 1. The van der Waals surface area contributed by atoms with Crippen LogP contribution in [0.1, 0.15) is 124 Å². The second-order valence-corrected chi connectivity index (χ2v) is 26.8. The minimum Gasteiger partial charge on any atom is -0.508 e. The number of phenols is 2. The Labute approximate surface area is 479 Å². The summed E-state index contributed by atoms with van der Waals surface area (Å²) in [6.07, 6.45) is 8.62. The number of aliphatic hydroxyl groups excluding tert-OH is 4. The van der Waals surface area contributed by atoms with Gasteiger partial charge in [-0.1, -0.05) is 83.4 Å². The van der Waals surface area contributed by atoms with E-state index >= 15 is 0 Å². The molecule has 0 amide bonds. The van der Waals surface area contributed by atoms with E-state index in [1.807, 2.05) is 12.1 Å². The molecule has 0 saturated heterocycles. The first-order valence-corrected chi connectivity index (χ1v) is 31.6. The Morgan fingerprint density at radius 2 is 1.73 bits per heavy atom. The van der Waals surface area contributed by atoms with Crippen LogP contribution in [0.3, 0.4) is 0 Å². The summed E-state index contributed by atoms with van der Waals surface area (Å²) in [7, 11) is 5.21. The van der Waals surface area contributed by atoms with Crippen LogP contribution in [0.15, 0.2) is 47.5 Å². The Morgan fingerprint density at radius 3 is 2.51 bits per heavy atom. The topological polar surface area (TPSA) is 238 Å². The predicted octanol–water partition coefficient (Wildman–Crippen LogP) is 7.33. The predicted molar refractivity (Wildman–Crippen MR) is 311 cm³/mol. The molecule has 3 saturated carbocycles. The number of aryl methyl sites for hydroxylation is 2. The lowest BCUT2D eigenvalue weighted by atomic mass is 9.55. The molecule has 6 bridgehead atoms. The van der Waals surface area contributed by atoms with Gasteiger partial charge < -0.3 is 60.6 Å². The molecule has 17 heteroatoms. The molecule has 4 heterocycles. The highest BCUT2D eigenvalue weighted by Crippen LogP contribution is 2.60. The van der Waals surface area contributed by atoms with E-state index in [4.69, 9.17) is 29.7 Å². The molecule has 432 valence electrons. The van der Waals surface area contributed by atoms with E-state index in [0.717, 1.165) is 81.1 Å². The smallest absolute Gasteiger partial charge is 0.201 e. The van der Waals surface area contributed by atoms with Crippen molar-refractivity contribution in [1.29, 1.82) is 0 Å². The number of fused-ring (bicyclic) bond motifs is 6. The third-order valence-electron chi connectivity index (χ3n) is 19.1. The molecule has 13 unspecified atom stereocenters. The zero-order valence-corrected chi connectivity index (χ0v) is 48.2. The van der Waals surface area contributed by atoms with Crippen molar-refractivity contribution in [2.75, 3.05) is 38.7 Å². The molecule has 4 aliphatic carbocycles. The fourth-order valence-corrected chi connectivity index (χ4v) is 17.6. The van der Waals surface area contributed by atoms with E-state index < -0.39 is 36.7 Å². The van der Waals surface area contributed by atoms with Crippen molar-refractivity contribution in [1.82, 2.24) is 10.6 Å². The summed E-state index contributed by atoms with van der Waals surface area (Å²) in [5.41, 5.74) is 11.1. The molecule has 3 aromatic carbocycles. The number of Topliss-reactive ketones (excluding diaryl/α,β-unsaturated/α-hetero) is 1. The monoisotopic (exact) mass is 1130 g/mol. The van der Waals surface area contributed by atoms with Gasteiger partial charge in [0.05, 0.1) is 36.5 Å². The van der Waals surface area contributed by atoms with Gasteiger partial charge in [-0.25, -0.2) is 4.99 Å². The Morgan fingerprint density at radius 1 is 0.912 bits per heavy atom. The van der Waals surface area contributed by atoms with E-state index in [-0.39, 0.29) is 109 Å². The Hall–Kier alpha value is -4.82. The minimum absolute atomic E-state index is 0.0183. The number of benzene rings is 3. The maximum Gasteiger partial charge on any atom is 0.201 e. The molecule has 80 heavy (non-hydrogen) atoms. The SMILES string of the molecule is COC(CO)C1CCC2C#CC3NC(N)=NC(C(C)C)CSSCC3C3Cc4c5cc(c(c4OC3O)OCNC23CC2(CCC(Cc4ccc(O)cc4)C2)CCC3C1)CC#Cc1c(ccc(O)c1OCO)CCC(=O)CC(O)CC5. The van der Waals surface area contributed by atoms with Crippen LogP contribution in [0.2, 0.25) is 0 Å². The van der Waals surface area contributed by atoms with E-state index in [2.05, 4.69) is 54.2 Å². The average molecular weight is 1140 g/mol. The molecule has 13 atom stereocenters. The molecular weight excluding hydrogens is 1050 g/mol. The Balaban J connectivity index is 1.13. The standard InChI is InChI=1S/C63H82N4O11S2/c1-37(2)54-33-80-79-32-52-51-29-50-41-11-18-48(72)28-47(71)17-10-40-12-20-55(73)58(77-36-69)49(40)6-4-5-43(26-41)57(59(50)78-60(51)74)76-35-65-63-34-62(23-21-39(30-62)25-38-7-15-46(70)16-8-38)24-22-45(63)27-42(56(31-68)75-3)9-13-44(63)14-19-53(52)66-61(64)67-54/h7-8,12,15-16,20,26,37,39,42,44-45,48,51-54,56,60,65,68-70,72-74H,5,9-11,13,17-18,21-25,27-36H2,1-3H3,(H3,64,66,67). The molecule has 10 N–H and O–H groups in total. The van der Waals surface area contributed by atoms with Crippen LogP contribution in [0.25, 0.3) is 0 Å². The van der Waals surface area contributed by atoms with Gasteiger partial charge in [-0.05, 0) is 154 Å². The van der Waals surface area contributed by atoms with Gasteiger partial charge in [0, 0.05) is 72.3 Å². The summed E-state index contributed by atoms with van der Waals surface area (Å²) in [6.45, 7) is 3.63. The van der Waals surface area contributed by atoms with Gasteiger partial charge in [-0.15, -0.1) is 0 Å². The van der Waals surface area contributed by atoms with Gasteiger partial charge in [0.1, 0.15) is 18.3 Å². The van der Waals surface area contributed by atoms with Gasteiger partial charge in [0.25, 0.3) is 0 Å². The first kappa shape index (κ1) is 58.4. The molecule has 15 nitrogen and oxygen atoms in total. The lowest BCUT2D eigenvalue weighted by molar-refractivity contribution is -0.121. The number of nitrogens with zero attached hydrogens (tertiary/aromatic N) is 1. The molecule has 8 aliphatic rings. The maximum atomic E-state index is 13.5. The van der Waals surface area contributed by atoms with Gasteiger partial charge in [0.2, 0.25) is 6.29 Å². The van der Waals surface area contributed by atoms with Crippen LogP contribution in [0.5, 0.6) is 28.7 Å². The average Bonchev–Trinajstić information content (AvgIpc) is 3.78. The van der Waals surface area contributed by atoms with Crippen LogP contribution in [-0.4, -0.2) is 117 Å². The number of ketones is 1. The number of carbonyl (C=O) groups excluding carboxylic acids is 1. The third kappa shape index (κ3) is 12.9. The van der Waals surface area contributed by atoms with Gasteiger partial charge in [-0.2, -0.15) is 0 Å². The summed E-state index contributed by atoms with van der Waals surface area (Å²) in [6, 6.07) is 12.3. The van der Waals surface area contributed by atoms with Crippen molar-refractivity contribution in [3.63, 3.8) is 0 Å². The zero-order valence-electron chi connectivity index (χ0n) is 46.6. The number of rotatable bonds is 8. The number of aromatic hydroxyl groups is 2. The number of nitrogens with two attached hydrogens (primary N) is 1. The molecule has 0 radical (unpaired) electrons. The summed E-state index contributed by atoms with van der Waals surface area (Å²) in [4.78, 5) is 18.5. The largest absolute Gasteiger partial charge is 0.508 e. The number of aliphatic hydroxyl groups is 4. The normalized spacial score (nSPS) is 32.2. The second kappa shape index (κ2) is 25.8. The van der Waals surface area contributed by atoms with Crippen LogP contribution < -0.4 is 30.6 Å². The van der Waals surface area contributed by atoms with E-state index in [1.165, 1.54) is 11.6 Å². The molecule has 4 aliphatic heterocycles. The Kier molecular flexibility index (Phi) is 18.8. The summed E-state index contributed by atoms with van der Waals surface area (Å²) < 4.78 is 25.7.